The van der Waals surface area contributed by atoms with E-state index in [1.165, 1.54) is 66.8 Å². The summed E-state index contributed by atoms with van der Waals surface area (Å²) in [4.78, 5) is 28.0. The van der Waals surface area contributed by atoms with Crippen molar-refractivity contribution in [1.29, 1.82) is 0 Å². The van der Waals surface area contributed by atoms with Crippen LogP contribution in [0.25, 0.3) is 132 Å². The van der Waals surface area contributed by atoms with Gasteiger partial charge in [-0.25, -0.2) is 0 Å². The van der Waals surface area contributed by atoms with Gasteiger partial charge in [-0.3, -0.25) is 29.9 Å². The number of rotatable bonds is 6. The number of nitrogens with zero attached hydrogens (tertiary/aromatic N) is 6. The van der Waals surface area contributed by atoms with Gasteiger partial charge in [0.25, 0.3) is 0 Å². The number of halogens is 1. The van der Waals surface area contributed by atoms with Gasteiger partial charge in [0.1, 0.15) is 0 Å². The van der Waals surface area contributed by atoms with Gasteiger partial charge in [-0.1, -0.05) is 218 Å². The Balaban J connectivity index is 0.000000125. The smallest absolute Gasteiger partial charge is 0.0970 e. The van der Waals surface area contributed by atoms with E-state index >= 15 is 0 Å². The molecule has 0 aliphatic rings. The van der Waals surface area contributed by atoms with Crippen LogP contribution in [0.2, 0.25) is 0 Å². The molecule has 0 spiro atoms. The van der Waals surface area contributed by atoms with E-state index < -0.39 is 0 Å². The fourth-order valence-electron chi connectivity index (χ4n) is 10.7. The summed E-state index contributed by atoms with van der Waals surface area (Å²) < 4.78 is 0. The van der Waals surface area contributed by atoms with E-state index in [1.54, 1.807) is 0 Å². The predicted octanol–water partition coefficient (Wildman–Crippen LogP) is 15.4. The molecule has 0 bridgehead atoms. The molecule has 8 heteroatoms. The zero-order valence-corrected chi connectivity index (χ0v) is 45.5. The fraction of sp³-hybridized carbons (Fsp3) is 0. The monoisotopic (exact) mass is 1130 g/mol. The van der Waals surface area contributed by atoms with Crippen LogP contribution in [-0.4, -0.2) is 29.9 Å². The first kappa shape index (κ1) is 52.4. The topological polar surface area (TPSA) is 77.3 Å². The average molecular weight is 1140 g/mol. The van der Waals surface area contributed by atoms with Crippen LogP contribution in [0.15, 0.2) is 292 Å². The Labute approximate surface area is 482 Å². The Morgan fingerprint density at radius 3 is 0.438 bits per heavy atom. The minimum atomic E-state index is 0. The van der Waals surface area contributed by atoms with Gasteiger partial charge in [-0.2, -0.15) is 0 Å². The van der Waals surface area contributed by atoms with E-state index in [4.69, 9.17) is 0 Å². The fourth-order valence-corrected chi connectivity index (χ4v) is 10.7. The molecule has 0 aliphatic heterocycles. The zero-order chi connectivity index (χ0) is 52.0. The molecule has 6 heterocycles. The second-order valence-electron chi connectivity index (χ2n) is 18.9. The summed E-state index contributed by atoms with van der Waals surface area (Å²) in [5.74, 6) is 0. The summed E-state index contributed by atoms with van der Waals surface area (Å²) in [7, 11) is 0. The Hall–Kier alpha value is -9.65. The predicted molar refractivity (Wildman–Crippen MR) is 324 cm³/mol. The summed E-state index contributed by atoms with van der Waals surface area (Å²) in [5.41, 5.74) is 19.9. The van der Waals surface area contributed by atoms with E-state index in [0.29, 0.717) is 0 Å². The molecule has 383 valence electrons. The van der Waals surface area contributed by atoms with E-state index in [9.17, 15) is 0 Å². The van der Waals surface area contributed by atoms with Gasteiger partial charge in [0.2, 0.25) is 0 Å². The third-order valence-corrected chi connectivity index (χ3v) is 14.4. The molecule has 0 unspecified atom stereocenters. The molecule has 6 nitrogen and oxygen atoms in total. The number of hydrogen-bond acceptors (Lipinski definition) is 6. The van der Waals surface area contributed by atoms with Crippen LogP contribution in [-0.2, 0) is 19.5 Å². The van der Waals surface area contributed by atoms with Gasteiger partial charge in [-0.15, -0.1) is 0 Å². The largest absolute Gasteiger partial charge is 1.00 e. The van der Waals surface area contributed by atoms with Crippen molar-refractivity contribution >= 4 is 65.4 Å². The Morgan fingerprint density at radius 1 is 0.163 bits per heavy atom. The summed E-state index contributed by atoms with van der Waals surface area (Å²) in [6.45, 7) is 0. The van der Waals surface area contributed by atoms with Crippen LogP contribution in [0.4, 0.5) is 0 Å². The van der Waals surface area contributed by atoms with Gasteiger partial charge < -0.3 is 12.4 Å². The van der Waals surface area contributed by atoms with Crippen LogP contribution in [0, 0.1) is 0 Å². The number of fused-ring (bicyclic) bond motifs is 9. The molecule has 0 aliphatic carbocycles. The minimum Gasteiger partial charge on any atom is -1.00 e. The van der Waals surface area contributed by atoms with E-state index in [0.717, 1.165) is 65.4 Å². The number of benzene rings is 9. The van der Waals surface area contributed by atoms with Crippen molar-refractivity contribution in [1.82, 2.24) is 29.9 Å². The molecule has 0 fully saturated rings. The molecule has 80 heavy (non-hydrogen) atoms. The average Bonchev–Trinajstić information content (AvgIpc) is 3.59. The van der Waals surface area contributed by atoms with Gasteiger partial charge in [0.05, 0.1) is 33.1 Å². The molecule has 1 radical (unpaired) electrons. The molecule has 0 saturated heterocycles. The first-order valence-corrected chi connectivity index (χ1v) is 26.1. The van der Waals surface area contributed by atoms with Crippen LogP contribution in [0.1, 0.15) is 0 Å². The van der Waals surface area contributed by atoms with Gasteiger partial charge in [0.15, 0.2) is 0 Å². The molecular weight excluding hydrogens is 1090 g/mol. The second-order valence-corrected chi connectivity index (χ2v) is 18.9. The van der Waals surface area contributed by atoms with Crippen molar-refractivity contribution < 1.29 is 31.9 Å². The minimum absolute atomic E-state index is 0. The number of aromatic nitrogens is 6. The Morgan fingerprint density at radius 2 is 0.300 bits per heavy atom. The van der Waals surface area contributed by atoms with Crippen molar-refractivity contribution in [2.24, 2.45) is 0 Å². The first-order valence-electron chi connectivity index (χ1n) is 26.1. The van der Waals surface area contributed by atoms with Crippen molar-refractivity contribution in [2.45, 2.75) is 0 Å². The molecule has 0 amide bonds. The maximum Gasteiger partial charge on any atom is 0.0970 e. The molecule has 15 rings (SSSR count). The van der Waals surface area contributed by atoms with Crippen LogP contribution in [0.3, 0.4) is 0 Å². The number of hydrogen-bond donors (Lipinski definition) is 0. The Kier molecular flexibility index (Phi) is 15.7. The first-order chi connectivity index (χ1) is 38.7. The van der Waals surface area contributed by atoms with Crippen molar-refractivity contribution in [3.8, 4) is 66.8 Å². The molecule has 0 atom stereocenters. The summed E-state index contributed by atoms with van der Waals surface area (Å²) in [5, 5.41) is 6.77. The third-order valence-electron chi connectivity index (χ3n) is 14.4. The summed E-state index contributed by atoms with van der Waals surface area (Å²) in [6, 6.07) is 88.0. The molecule has 15 aromatic rings. The van der Waals surface area contributed by atoms with E-state index in [1.807, 2.05) is 73.6 Å². The molecule has 9 aromatic carbocycles. The normalized spacial score (nSPS) is 10.8. The van der Waals surface area contributed by atoms with Crippen molar-refractivity contribution in [2.75, 3.05) is 0 Å². The summed E-state index contributed by atoms with van der Waals surface area (Å²) in [6.07, 6.45) is 11.3. The summed E-state index contributed by atoms with van der Waals surface area (Å²) >= 11 is 0. The van der Waals surface area contributed by atoms with E-state index in [-0.39, 0.29) is 31.9 Å². The van der Waals surface area contributed by atoms with Crippen molar-refractivity contribution in [3.05, 3.63) is 292 Å². The second kappa shape index (κ2) is 23.9. The van der Waals surface area contributed by atoms with Crippen LogP contribution >= 0.6 is 0 Å². The van der Waals surface area contributed by atoms with E-state index in [2.05, 4.69) is 248 Å². The standard InChI is InChI=1S/3C24H16N2.ClH.Rh/c3*1-3-7-17(8-4-1)19-13-15-25-23-21(19)11-12-22-20(14-16-26-24(22)23)18-9-5-2-6-10-18;;/h3*1-16H;1H;/p-1. The van der Waals surface area contributed by atoms with Crippen LogP contribution in [0.5, 0.6) is 0 Å². The molecule has 6 aromatic heterocycles. The SMILES string of the molecule is [Cl-].[Rh].c1ccc(-c2ccnc3c2ccc2c(-c4ccccc4)ccnc23)cc1.c1ccc(-c2ccnc3c2ccc2c(-c4ccccc4)ccnc23)cc1.c1ccc(-c2ccnc3c2ccc2c(-c4ccccc4)ccnc23)cc1. The van der Waals surface area contributed by atoms with Gasteiger partial charge >= 0.3 is 0 Å². The Bertz CT molecular complexity index is 3830. The maximum atomic E-state index is 4.67. The molecule has 0 N–H and O–H groups in total. The number of pyridine rings is 6. The van der Waals surface area contributed by atoms with Gasteiger partial charge in [0, 0.05) is 89.0 Å². The van der Waals surface area contributed by atoms with Crippen molar-refractivity contribution in [3.63, 3.8) is 0 Å². The van der Waals surface area contributed by atoms with Gasteiger partial charge in [-0.05, 0) is 103 Å². The molecular formula is C72H48ClN6Rh-. The zero-order valence-electron chi connectivity index (χ0n) is 43.1. The third kappa shape index (κ3) is 10.3. The quantitative estimate of drug-likeness (QED) is 0.122. The maximum absolute atomic E-state index is 4.67. The molecule has 0 saturated carbocycles. The van der Waals surface area contributed by atoms with Crippen LogP contribution < -0.4 is 12.4 Å².